The van der Waals surface area contributed by atoms with Crippen LogP contribution in [0.2, 0.25) is 0 Å². The zero-order chi connectivity index (χ0) is 25.9. The van der Waals surface area contributed by atoms with Gasteiger partial charge < -0.3 is 14.6 Å². The topological polar surface area (TPSA) is 55.8 Å². The fraction of sp³-hybridized carbons (Fsp3) is 0.536. The molecule has 4 heteroatoms. The van der Waals surface area contributed by atoms with E-state index in [9.17, 15) is 4.79 Å². The zero-order valence-corrected chi connectivity index (χ0v) is 22.7. The molecule has 0 atom stereocenters. The lowest BCUT2D eigenvalue weighted by Gasteiger charge is -2.35. The molecule has 0 spiro atoms. The van der Waals surface area contributed by atoms with Crippen molar-refractivity contribution in [1.29, 1.82) is 0 Å². The fourth-order valence-electron chi connectivity index (χ4n) is 3.00. The minimum Gasteiger partial charge on any atom is -0.483 e. The highest BCUT2D eigenvalue weighted by Crippen LogP contribution is 2.40. The fourth-order valence-corrected chi connectivity index (χ4v) is 3.00. The molecular formula is C28H48O4. The lowest BCUT2D eigenvalue weighted by Crippen LogP contribution is -2.34. The van der Waals surface area contributed by atoms with Crippen molar-refractivity contribution in [3.63, 3.8) is 0 Å². The number of rotatable bonds is 5. The number of aliphatic hydroxyl groups excluding tert-OH is 1. The summed E-state index contributed by atoms with van der Waals surface area (Å²) < 4.78 is 11.1. The summed E-state index contributed by atoms with van der Waals surface area (Å²) in [6, 6.07) is 9.73. The number of benzene rings is 1. The van der Waals surface area contributed by atoms with Gasteiger partial charge in [-0.3, -0.25) is 0 Å². The average Bonchev–Trinajstić information content (AvgIpc) is 2.85. The van der Waals surface area contributed by atoms with Crippen molar-refractivity contribution in [3.05, 3.63) is 64.8 Å². The first-order valence-corrected chi connectivity index (χ1v) is 11.6. The van der Waals surface area contributed by atoms with Gasteiger partial charge in [-0.2, -0.15) is 0 Å². The maximum absolute atomic E-state index is 12.0. The summed E-state index contributed by atoms with van der Waals surface area (Å²) in [6.45, 7) is 24.3. The Morgan fingerprint density at radius 2 is 1.34 bits per heavy atom. The highest BCUT2D eigenvalue weighted by molar-refractivity contribution is 5.93. The summed E-state index contributed by atoms with van der Waals surface area (Å²) in [7, 11) is 2.39. The molecular weight excluding hydrogens is 400 g/mol. The molecule has 2 rings (SSSR count). The van der Waals surface area contributed by atoms with Crippen LogP contribution in [-0.4, -0.2) is 30.9 Å². The van der Waals surface area contributed by atoms with Crippen LogP contribution in [0.1, 0.15) is 82.1 Å². The van der Waals surface area contributed by atoms with Gasteiger partial charge in [0.1, 0.15) is 11.4 Å². The summed E-state index contributed by atoms with van der Waals surface area (Å²) in [4.78, 5) is 12.0. The standard InChI is InChI=1S/C21H26O3.3C2H6.CH4O/c1-14-12-18(16(3)20(22)23-6)19(13-15(14)2)21(4,5)24-17-10-8-7-9-11-17;4*1-2/h7-11H,3,12-13H2,1-2,4-6H3;3*1-2H3;2H,1H3. The van der Waals surface area contributed by atoms with Crippen LogP contribution in [-0.2, 0) is 9.53 Å². The molecule has 1 aromatic carbocycles. The molecule has 0 saturated carbocycles. The van der Waals surface area contributed by atoms with Crippen LogP contribution < -0.4 is 4.74 Å². The van der Waals surface area contributed by atoms with Gasteiger partial charge in [0.15, 0.2) is 0 Å². The molecule has 0 unspecified atom stereocenters. The van der Waals surface area contributed by atoms with Gasteiger partial charge in [-0.15, -0.1) is 0 Å². The van der Waals surface area contributed by atoms with E-state index in [2.05, 4.69) is 20.4 Å². The lowest BCUT2D eigenvalue weighted by atomic mass is 9.78. The summed E-state index contributed by atoms with van der Waals surface area (Å²) in [5, 5.41) is 7.00. The number of esters is 1. The van der Waals surface area contributed by atoms with Crippen molar-refractivity contribution in [1.82, 2.24) is 0 Å². The first-order valence-electron chi connectivity index (χ1n) is 11.6. The van der Waals surface area contributed by atoms with Gasteiger partial charge in [0, 0.05) is 7.11 Å². The number of carbonyl (C=O) groups is 1. The molecule has 1 N–H and O–H groups in total. The number of para-hydroxylation sites is 1. The van der Waals surface area contributed by atoms with Crippen LogP contribution >= 0.6 is 0 Å². The van der Waals surface area contributed by atoms with Gasteiger partial charge in [-0.05, 0) is 63.8 Å². The van der Waals surface area contributed by atoms with Crippen LogP contribution in [0.3, 0.4) is 0 Å². The molecule has 0 aliphatic heterocycles. The van der Waals surface area contributed by atoms with Crippen molar-refractivity contribution in [3.8, 4) is 5.75 Å². The lowest BCUT2D eigenvalue weighted by molar-refractivity contribution is -0.135. The van der Waals surface area contributed by atoms with Crippen LogP contribution in [0.15, 0.2) is 64.8 Å². The van der Waals surface area contributed by atoms with E-state index in [1.807, 2.05) is 85.7 Å². The van der Waals surface area contributed by atoms with Gasteiger partial charge in [0.2, 0.25) is 0 Å². The Morgan fingerprint density at radius 3 is 1.78 bits per heavy atom. The SMILES string of the molecule is C=C(C(=O)OC)C1=C(C(C)(C)Oc2ccccc2)CC(C)=C(C)C1.CC.CC.CC.CO. The molecule has 1 aliphatic rings. The number of hydrogen-bond acceptors (Lipinski definition) is 4. The third-order valence-electron chi connectivity index (χ3n) is 4.62. The van der Waals surface area contributed by atoms with Crippen molar-refractivity contribution in [2.45, 2.75) is 87.7 Å². The van der Waals surface area contributed by atoms with E-state index >= 15 is 0 Å². The monoisotopic (exact) mass is 448 g/mol. The van der Waals surface area contributed by atoms with E-state index in [0.29, 0.717) is 12.0 Å². The highest BCUT2D eigenvalue weighted by atomic mass is 16.5. The molecule has 0 amide bonds. The molecule has 0 saturated heterocycles. The van der Waals surface area contributed by atoms with Crippen molar-refractivity contribution < 1.29 is 19.4 Å². The highest BCUT2D eigenvalue weighted by Gasteiger charge is 2.33. The molecule has 184 valence electrons. The molecule has 0 fully saturated rings. The smallest absolute Gasteiger partial charge is 0.337 e. The number of methoxy groups -OCH3 is 1. The zero-order valence-electron chi connectivity index (χ0n) is 22.7. The van der Waals surface area contributed by atoms with Crippen LogP contribution in [0, 0.1) is 0 Å². The van der Waals surface area contributed by atoms with Gasteiger partial charge in [-0.1, -0.05) is 77.5 Å². The van der Waals surface area contributed by atoms with Gasteiger partial charge >= 0.3 is 5.97 Å². The van der Waals surface area contributed by atoms with Crippen molar-refractivity contribution >= 4 is 5.97 Å². The molecule has 1 aliphatic carbocycles. The predicted molar refractivity (Wildman–Crippen MR) is 139 cm³/mol. The first-order chi connectivity index (χ1) is 15.3. The minimum atomic E-state index is -0.546. The Labute approximate surface area is 198 Å². The van der Waals surface area contributed by atoms with E-state index in [-0.39, 0.29) is 5.97 Å². The Bertz CT molecular complexity index is 710. The number of hydrogen-bond donors (Lipinski definition) is 1. The molecule has 0 heterocycles. The Balaban J connectivity index is -0.000000945. The van der Waals surface area contributed by atoms with E-state index < -0.39 is 5.60 Å². The van der Waals surface area contributed by atoms with E-state index in [0.717, 1.165) is 30.4 Å². The van der Waals surface area contributed by atoms with Gasteiger partial charge in [0.25, 0.3) is 0 Å². The quantitative estimate of drug-likeness (QED) is 0.285. The number of ether oxygens (including phenoxy) is 2. The minimum absolute atomic E-state index is 0.384. The number of carbonyl (C=O) groups excluding carboxylic acids is 1. The molecule has 1 aromatic rings. The third-order valence-corrected chi connectivity index (χ3v) is 4.62. The summed E-state index contributed by atoms with van der Waals surface area (Å²) in [5.74, 6) is 0.423. The second kappa shape index (κ2) is 19.4. The number of aliphatic hydroxyl groups is 1. The molecule has 0 bridgehead atoms. The molecule has 0 aromatic heterocycles. The van der Waals surface area contributed by atoms with E-state index in [1.54, 1.807) is 0 Å². The van der Waals surface area contributed by atoms with Crippen molar-refractivity contribution in [2.75, 3.05) is 14.2 Å². The first kappa shape index (κ1) is 34.3. The van der Waals surface area contributed by atoms with Crippen LogP contribution in [0.4, 0.5) is 0 Å². The van der Waals surface area contributed by atoms with Crippen LogP contribution in [0.5, 0.6) is 5.75 Å². The molecule has 0 radical (unpaired) electrons. The van der Waals surface area contributed by atoms with E-state index in [1.165, 1.54) is 18.3 Å². The van der Waals surface area contributed by atoms with Crippen molar-refractivity contribution in [2.24, 2.45) is 0 Å². The summed E-state index contributed by atoms with van der Waals surface area (Å²) in [6.07, 6.45) is 1.48. The predicted octanol–water partition coefficient (Wildman–Crippen LogP) is 7.69. The maximum atomic E-state index is 12.0. The van der Waals surface area contributed by atoms with Crippen LogP contribution in [0.25, 0.3) is 0 Å². The largest absolute Gasteiger partial charge is 0.483 e. The average molecular weight is 449 g/mol. The van der Waals surface area contributed by atoms with Gasteiger partial charge in [0.05, 0.1) is 12.7 Å². The number of allylic oxidation sites excluding steroid dienone is 2. The summed E-state index contributed by atoms with van der Waals surface area (Å²) >= 11 is 0. The Kier molecular flexibility index (Phi) is 20.7. The summed E-state index contributed by atoms with van der Waals surface area (Å²) in [5.41, 5.74) is 4.49. The Hall–Kier alpha value is -2.33. The second-order valence-electron chi connectivity index (χ2n) is 6.77. The second-order valence-corrected chi connectivity index (χ2v) is 6.77. The van der Waals surface area contributed by atoms with E-state index in [4.69, 9.17) is 14.6 Å². The molecule has 32 heavy (non-hydrogen) atoms. The van der Waals surface area contributed by atoms with Gasteiger partial charge in [-0.25, -0.2) is 4.79 Å². The Morgan fingerprint density at radius 1 is 0.906 bits per heavy atom. The maximum Gasteiger partial charge on any atom is 0.337 e. The molecule has 4 nitrogen and oxygen atoms in total. The third kappa shape index (κ3) is 10.8. The normalized spacial score (nSPS) is 12.3.